The van der Waals surface area contributed by atoms with Gasteiger partial charge in [0.1, 0.15) is 5.60 Å². The van der Waals surface area contributed by atoms with E-state index in [4.69, 9.17) is 4.74 Å². The molecule has 7 heteroatoms. The van der Waals surface area contributed by atoms with Gasteiger partial charge in [-0.2, -0.15) is 0 Å². The number of ether oxygens (including phenoxy) is 1. The summed E-state index contributed by atoms with van der Waals surface area (Å²) in [6.45, 7) is 7.67. The Morgan fingerprint density at radius 2 is 1.85 bits per heavy atom. The van der Waals surface area contributed by atoms with E-state index in [9.17, 15) is 4.79 Å². The topological polar surface area (TPSA) is 76.1 Å². The lowest BCUT2D eigenvalue weighted by molar-refractivity contribution is 0.0492. The lowest BCUT2D eigenvalue weighted by Gasteiger charge is -2.30. The number of nitrogens with one attached hydrogen (secondary N) is 2. The zero-order valence-electron chi connectivity index (χ0n) is 16.3. The minimum atomic E-state index is -0.468. The van der Waals surface area contributed by atoms with E-state index in [0.29, 0.717) is 12.0 Å². The van der Waals surface area contributed by atoms with Crippen molar-refractivity contribution in [1.82, 2.24) is 15.3 Å². The number of nitrogens with zero attached hydrogens (tertiary/aromatic N) is 2. The fourth-order valence-corrected chi connectivity index (χ4v) is 3.63. The van der Waals surface area contributed by atoms with Crippen molar-refractivity contribution >= 4 is 38.9 Å². The lowest BCUT2D eigenvalue weighted by atomic mass is 9.91. The smallest absolute Gasteiger partial charge is 0.407 e. The van der Waals surface area contributed by atoms with Crippen molar-refractivity contribution in [1.29, 1.82) is 0 Å². The number of alkyl carbamates (subject to hydrolysis) is 1. The number of hydrogen-bond donors (Lipinski definition) is 2. The third kappa shape index (κ3) is 5.54. The minimum Gasteiger partial charge on any atom is -0.444 e. The highest BCUT2D eigenvalue weighted by Crippen LogP contribution is 2.25. The molecule has 0 saturated heterocycles. The molecule has 27 heavy (non-hydrogen) atoms. The number of hydrogen-bond acceptors (Lipinski definition) is 5. The monoisotopic (exact) mass is 434 g/mol. The van der Waals surface area contributed by atoms with E-state index < -0.39 is 5.60 Å². The van der Waals surface area contributed by atoms with Crippen LogP contribution in [0, 0.1) is 6.92 Å². The highest BCUT2D eigenvalue weighted by Gasteiger charge is 2.25. The van der Waals surface area contributed by atoms with E-state index in [2.05, 4.69) is 49.5 Å². The molecule has 1 amide bonds. The van der Waals surface area contributed by atoms with Gasteiger partial charge in [0.25, 0.3) is 0 Å². The van der Waals surface area contributed by atoms with Crippen LogP contribution in [0.5, 0.6) is 0 Å². The SMILES string of the molecule is Cc1cc2nc(N[C@H]3CC[C@H](NC(=O)OC(C)(C)C)CC3)ncc2cc1Br. The third-order valence-corrected chi connectivity index (χ3v) is 5.50. The molecule has 1 aliphatic rings. The normalized spacial score (nSPS) is 20.3. The summed E-state index contributed by atoms with van der Waals surface area (Å²) in [7, 11) is 0. The summed E-state index contributed by atoms with van der Waals surface area (Å²) < 4.78 is 6.40. The van der Waals surface area contributed by atoms with Crippen molar-refractivity contribution in [2.75, 3.05) is 5.32 Å². The number of carbonyl (C=O) groups is 1. The molecule has 1 heterocycles. The van der Waals surface area contributed by atoms with Crippen molar-refractivity contribution in [3.8, 4) is 0 Å². The second kappa shape index (κ2) is 8.00. The Morgan fingerprint density at radius 1 is 1.19 bits per heavy atom. The summed E-state index contributed by atoms with van der Waals surface area (Å²) in [4.78, 5) is 21.0. The van der Waals surface area contributed by atoms with Crippen molar-refractivity contribution in [3.63, 3.8) is 0 Å². The maximum Gasteiger partial charge on any atom is 0.407 e. The molecule has 0 atom stereocenters. The second-order valence-corrected chi connectivity index (χ2v) is 9.05. The maximum atomic E-state index is 11.9. The lowest BCUT2D eigenvalue weighted by Crippen LogP contribution is -2.42. The second-order valence-electron chi connectivity index (χ2n) is 8.19. The molecule has 0 bridgehead atoms. The van der Waals surface area contributed by atoms with Crippen LogP contribution in [-0.4, -0.2) is 33.7 Å². The Labute approximate surface area is 168 Å². The largest absolute Gasteiger partial charge is 0.444 e. The number of fused-ring (bicyclic) bond motifs is 1. The zero-order valence-corrected chi connectivity index (χ0v) is 17.9. The van der Waals surface area contributed by atoms with E-state index in [0.717, 1.165) is 46.6 Å². The first-order valence-corrected chi connectivity index (χ1v) is 10.2. The number of aromatic nitrogens is 2. The van der Waals surface area contributed by atoms with Gasteiger partial charge in [0.2, 0.25) is 5.95 Å². The summed E-state index contributed by atoms with van der Waals surface area (Å²) in [5, 5.41) is 7.43. The molecule has 6 nitrogen and oxygen atoms in total. The summed E-state index contributed by atoms with van der Waals surface area (Å²) >= 11 is 3.54. The highest BCUT2D eigenvalue weighted by molar-refractivity contribution is 9.10. The number of anilines is 1. The van der Waals surface area contributed by atoms with Crippen molar-refractivity contribution in [2.45, 2.75) is 71.1 Å². The van der Waals surface area contributed by atoms with E-state index >= 15 is 0 Å². The van der Waals surface area contributed by atoms with Crippen LogP contribution in [0.2, 0.25) is 0 Å². The van der Waals surface area contributed by atoms with Gasteiger partial charge >= 0.3 is 6.09 Å². The van der Waals surface area contributed by atoms with Gasteiger partial charge in [-0.05, 0) is 71.1 Å². The Bertz CT molecular complexity index is 827. The highest BCUT2D eigenvalue weighted by atomic mass is 79.9. The molecule has 0 unspecified atom stereocenters. The first-order valence-electron chi connectivity index (χ1n) is 9.38. The number of aryl methyl sites for hydroxylation is 1. The van der Waals surface area contributed by atoms with Crippen LogP contribution in [0.4, 0.5) is 10.7 Å². The molecule has 1 aliphatic carbocycles. The maximum absolute atomic E-state index is 11.9. The van der Waals surface area contributed by atoms with Gasteiger partial charge in [-0.1, -0.05) is 15.9 Å². The molecule has 1 aromatic carbocycles. The van der Waals surface area contributed by atoms with E-state index in [1.54, 1.807) is 0 Å². The van der Waals surface area contributed by atoms with Crippen LogP contribution in [0.1, 0.15) is 52.0 Å². The summed E-state index contributed by atoms with van der Waals surface area (Å²) in [6.07, 6.45) is 5.26. The molecule has 3 rings (SSSR count). The molecule has 0 aliphatic heterocycles. The molecule has 1 fully saturated rings. The van der Waals surface area contributed by atoms with E-state index in [1.807, 2.05) is 33.0 Å². The zero-order chi connectivity index (χ0) is 19.6. The van der Waals surface area contributed by atoms with Crippen molar-refractivity contribution in [2.24, 2.45) is 0 Å². The number of rotatable bonds is 3. The van der Waals surface area contributed by atoms with Gasteiger partial charge in [0.05, 0.1) is 5.52 Å². The van der Waals surface area contributed by atoms with Gasteiger partial charge in [-0.25, -0.2) is 14.8 Å². The predicted octanol–water partition coefficient (Wildman–Crippen LogP) is 4.95. The summed E-state index contributed by atoms with van der Waals surface area (Å²) in [5.41, 5.74) is 1.62. The van der Waals surface area contributed by atoms with Crippen LogP contribution in [0.25, 0.3) is 10.9 Å². The predicted molar refractivity (Wildman–Crippen MR) is 111 cm³/mol. The van der Waals surface area contributed by atoms with Crippen LogP contribution in [-0.2, 0) is 4.74 Å². The van der Waals surface area contributed by atoms with Gasteiger partial charge in [0, 0.05) is 28.1 Å². The van der Waals surface area contributed by atoms with Crippen LogP contribution in [0.3, 0.4) is 0 Å². The van der Waals surface area contributed by atoms with Crippen molar-refractivity contribution in [3.05, 3.63) is 28.4 Å². The molecular weight excluding hydrogens is 408 g/mol. The third-order valence-electron chi connectivity index (χ3n) is 4.64. The molecule has 146 valence electrons. The fraction of sp³-hybridized carbons (Fsp3) is 0.550. The van der Waals surface area contributed by atoms with Gasteiger partial charge in [-0.15, -0.1) is 0 Å². The first-order chi connectivity index (χ1) is 12.7. The number of halogens is 1. The van der Waals surface area contributed by atoms with E-state index in [-0.39, 0.29) is 12.1 Å². The van der Waals surface area contributed by atoms with Crippen molar-refractivity contribution < 1.29 is 9.53 Å². The molecule has 1 aromatic heterocycles. The summed E-state index contributed by atoms with van der Waals surface area (Å²) in [6, 6.07) is 4.58. The first kappa shape index (κ1) is 19.9. The Kier molecular flexibility index (Phi) is 5.89. The molecule has 2 N–H and O–H groups in total. The average Bonchev–Trinajstić information content (AvgIpc) is 2.56. The van der Waals surface area contributed by atoms with Gasteiger partial charge in [0.15, 0.2) is 0 Å². The fourth-order valence-electron chi connectivity index (χ4n) is 3.26. The minimum absolute atomic E-state index is 0.162. The summed E-state index contributed by atoms with van der Waals surface area (Å²) in [5.74, 6) is 0.660. The Balaban J connectivity index is 1.54. The van der Waals surface area contributed by atoms with E-state index in [1.165, 1.54) is 0 Å². The van der Waals surface area contributed by atoms with Crippen LogP contribution < -0.4 is 10.6 Å². The quantitative estimate of drug-likeness (QED) is 0.714. The molecule has 2 aromatic rings. The molecular formula is C20H27BrN4O2. The van der Waals surface area contributed by atoms with Crippen LogP contribution >= 0.6 is 15.9 Å². The molecule has 0 radical (unpaired) electrons. The Hall–Kier alpha value is -1.89. The van der Waals surface area contributed by atoms with Gasteiger partial charge in [-0.3, -0.25) is 0 Å². The molecule has 1 saturated carbocycles. The molecule has 0 spiro atoms. The number of benzene rings is 1. The number of amides is 1. The van der Waals surface area contributed by atoms with Crippen LogP contribution in [0.15, 0.2) is 22.8 Å². The average molecular weight is 435 g/mol. The standard InChI is InChI=1S/C20H27BrN4O2/c1-12-9-17-13(10-16(12)21)11-22-18(25-17)23-14-5-7-15(8-6-14)24-19(26)27-20(2,3)4/h9-11,14-15H,5-8H2,1-4H3,(H,24,26)(H,22,23,25)/t14-,15-. The Morgan fingerprint density at radius 3 is 2.52 bits per heavy atom. The van der Waals surface area contributed by atoms with Gasteiger partial charge < -0.3 is 15.4 Å². The number of carbonyl (C=O) groups excluding carboxylic acids is 1.